The number of ether oxygens (including phenoxy) is 2. The molecule has 2 aromatic carbocycles. The number of nitrogens with zero attached hydrogens (tertiary/aromatic N) is 3. The lowest BCUT2D eigenvalue weighted by atomic mass is 10.2. The Morgan fingerprint density at radius 3 is 2.33 bits per heavy atom. The molecule has 0 radical (unpaired) electrons. The highest BCUT2D eigenvalue weighted by molar-refractivity contribution is 7.93. The molecule has 1 aromatic heterocycles. The minimum atomic E-state index is -4.35. The molecule has 0 bridgehead atoms. The number of sulfonamides is 1. The van der Waals surface area contributed by atoms with E-state index in [0.717, 1.165) is 16.4 Å². The summed E-state index contributed by atoms with van der Waals surface area (Å²) < 4.78 is 52.2. The molecule has 1 heterocycles. The fourth-order valence-electron chi connectivity index (χ4n) is 2.74. The Morgan fingerprint density at radius 2 is 1.77 bits per heavy atom. The molecular weight excluding hydrogens is 456 g/mol. The van der Waals surface area contributed by atoms with Crippen LogP contribution in [0.15, 0.2) is 53.8 Å². The largest absolute Gasteiger partial charge is 0.497 e. The highest BCUT2D eigenvalue weighted by Gasteiger charge is 2.32. The van der Waals surface area contributed by atoms with Crippen LogP contribution in [0.4, 0.5) is 10.2 Å². The van der Waals surface area contributed by atoms with Crippen molar-refractivity contribution in [1.82, 2.24) is 9.97 Å². The Bertz CT molecular complexity index is 1140. The van der Waals surface area contributed by atoms with Crippen molar-refractivity contribution in [3.05, 3.63) is 70.3 Å². The lowest BCUT2D eigenvalue weighted by molar-refractivity contribution is 0.391. The van der Waals surface area contributed by atoms with Crippen molar-refractivity contribution in [3.63, 3.8) is 0 Å². The van der Waals surface area contributed by atoms with E-state index in [1.54, 1.807) is 18.2 Å². The molecule has 0 aliphatic heterocycles. The number of halogens is 3. The van der Waals surface area contributed by atoms with E-state index in [2.05, 4.69) is 9.97 Å². The predicted molar refractivity (Wildman–Crippen MR) is 111 cm³/mol. The lowest BCUT2D eigenvalue weighted by Gasteiger charge is -2.25. The van der Waals surface area contributed by atoms with Crippen LogP contribution in [0, 0.1) is 5.82 Å². The van der Waals surface area contributed by atoms with Gasteiger partial charge in [-0.1, -0.05) is 23.2 Å². The summed E-state index contributed by atoms with van der Waals surface area (Å²) in [7, 11) is -1.39. The summed E-state index contributed by atoms with van der Waals surface area (Å²) in [5.74, 6) is 0.255. The highest BCUT2D eigenvalue weighted by atomic mass is 35.5. The van der Waals surface area contributed by atoms with Gasteiger partial charge >= 0.3 is 0 Å². The SMILES string of the molecule is COc1ccc(CN(c2ccncn2)S(=O)(=O)c2c(Cl)cc(F)cc2Cl)c(OC)c1. The maximum absolute atomic E-state index is 13.6. The predicted octanol–water partition coefficient (Wildman–Crippen LogP) is 4.34. The van der Waals surface area contributed by atoms with Crippen LogP contribution >= 0.6 is 23.2 Å². The van der Waals surface area contributed by atoms with Gasteiger partial charge in [0.1, 0.15) is 34.4 Å². The van der Waals surface area contributed by atoms with Gasteiger partial charge in [0.05, 0.1) is 30.8 Å². The first kappa shape index (κ1) is 22.1. The summed E-state index contributed by atoms with van der Waals surface area (Å²) in [5.41, 5.74) is 0.523. The molecule has 0 N–H and O–H groups in total. The average Bonchev–Trinajstić information content (AvgIpc) is 2.71. The van der Waals surface area contributed by atoms with Gasteiger partial charge in [-0.25, -0.2) is 27.1 Å². The number of benzene rings is 2. The third-order valence-electron chi connectivity index (χ3n) is 4.14. The Balaban J connectivity index is 2.16. The monoisotopic (exact) mass is 471 g/mol. The first-order chi connectivity index (χ1) is 14.3. The molecule has 3 aromatic rings. The third kappa shape index (κ3) is 4.43. The molecule has 0 aliphatic rings. The van der Waals surface area contributed by atoms with Crippen LogP contribution in [0.3, 0.4) is 0 Å². The average molecular weight is 472 g/mol. The quantitative estimate of drug-likeness (QED) is 0.509. The van der Waals surface area contributed by atoms with Crippen LogP contribution in [-0.2, 0) is 16.6 Å². The van der Waals surface area contributed by atoms with Crippen molar-refractivity contribution in [2.45, 2.75) is 11.4 Å². The molecule has 0 unspecified atom stereocenters. The van der Waals surface area contributed by atoms with Crippen LogP contribution < -0.4 is 13.8 Å². The summed E-state index contributed by atoms with van der Waals surface area (Å²) in [6.45, 7) is -0.170. The molecular formula is C19H16Cl2FN3O4S. The number of hydrogen-bond acceptors (Lipinski definition) is 6. The Labute approximate surface area is 183 Å². The normalized spacial score (nSPS) is 11.2. The summed E-state index contributed by atoms with van der Waals surface area (Å²) >= 11 is 12.1. The van der Waals surface area contributed by atoms with Crippen molar-refractivity contribution in [1.29, 1.82) is 0 Å². The molecule has 0 saturated heterocycles. The van der Waals surface area contributed by atoms with Crippen molar-refractivity contribution >= 4 is 39.0 Å². The van der Waals surface area contributed by atoms with Gasteiger partial charge in [-0.15, -0.1) is 0 Å². The summed E-state index contributed by atoms with van der Waals surface area (Å²) in [4.78, 5) is 7.43. The number of aromatic nitrogens is 2. The van der Waals surface area contributed by atoms with E-state index in [-0.39, 0.29) is 22.4 Å². The topological polar surface area (TPSA) is 81.6 Å². The van der Waals surface area contributed by atoms with Crippen LogP contribution in [0.1, 0.15) is 5.56 Å². The summed E-state index contributed by atoms with van der Waals surface area (Å²) in [6, 6.07) is 8.13. The molecule has 11 heteroatoms. The number of methoxy groups -OCH3 is 2. The lowest BCUT2D eigenvalue weighted by Crippen LogP contribution is -2.32. The third-order valence-corrected chi connectivity index (χ3v) is 6.81. The van der Waals surface area contributed by atoms with Crippen molar-refractivity contribution < 1.29 is 22.3 Å². The molecule has 30 heavy (non-hydrogen) atoms. The van der Waals surface area contributed by atoms with E-state index in [0.29, 0.717) is 17.1 Å². The zero-order chi connectivity index (χ0) is 21.9. The molecule has 0 atom stereocenters. The van der Waals surface area contributed by atoms with E-state index >= 15 is 0 Å². The molecule has 3 rings (SSSR count). The van der Waals surface area contributed by atoms with Crippen LogP contribution in [0.5, 0.6) is 11.5 Å². The maximum Gasteiger partial charge on any atom is 0.268 e. The standard InChI is InChI=1S/C19H16Cl2FN3O4S/c1-28-14-4-3-12(17(9-14)29-2)10-25(18-5-6-23-11-24-18)30(26,27)19-15(20)7-13(22)8-16(19)21/h3-9,11H,10H2,1-2H3. The fourth-order valence-corrected chi connectivity index (χ4v) is 5.28. The summed E-state index contributed by atoms with van der Waals surface area (Å²) in [6.07, 6.45) is 2.60. The second-order valence-electron chi connectivity index (χ2n) is 5.96. The molecule has 0 aliphatic carbocycles. The Hall–Kier alpha value is -2.62. The smallest absolute Gasteiger partial charge is 0.268 e. The number of anilines is 1. The first-order valence-electron chi connectivity index (χ1n) is 8.42. The van der Waals surface area contributed by atoms with Gasteiger partial charge in [0.15, 0.2) is 0 Å². The Morgan fingerprint density at radius 1 is 1.07 bits per heavy atom. The first-order valence-corrected chi connectivity index (χ1v) is 10.6. The molecule has 158 valence electrons. The van der Waals surface area contributed by atoms with E-state index in [9.17, 15) is 12.8 Å². The molecule has 0 fully saturated rings. The van der Waals surface area contributed by atoms with Gasteiger partial charge in [0.25, 0.3) is 10.0 Å². The molecule has 0 saturated carbocycles. The fraction of sp³-hybridized carbons (Fsp3) is 0.158. The molecule has 7 nitrogen and oxygen atoms in total. The van der Waals surface area contributed by atoms with E-state index < -0.39 is 20.7 Å². The number of hydrogen-bond donors (Lipinski definition) is 0. The van der Waals surface area contributed by atoms with Gasteiger partial charge < -0.3 is 9.47 Å². The Kier molecular flexibility index (Phi) is 6.64. The van der Waals surface area contributed by atoms with Gasteiger partial charge in [-0.05, 0) is 24.3 Å². The van der Waals surface area contributed by atoms with Gasteiger partial charge in [-0.2, -0.15) is 0 Å². The number of rotatable bonds is 7. The molecule has 0 amide bonds. The zero-order valence-corrected chi connectivity index (χ0v) is 18.2. The van der Waals surface area contributed by atoms with E-state index in [1.807, 2.05) is 0 Å². The van der Waals surface area contributed by atoms with Crippen molar-refractivity contribution in [2.24, 2.45) is 0 Å². The zero-order valence-electron chi connectivity index (χ0n) is 15.8. The van der Waals surface area contributed by atoms with Crippen LogP contribution in [0.2, 0.25) is 10.0 Å². The second-order valence-corrected chi connectivity index (χ2v) is 8.57. The van der Waals surface area contributed by atoms with Gasteiger partial charge in [0, 0.05) is 23.9 Å². The molecule has 0 spiro atoms. The van der Waals surface area contributed by atoms with Gasteiger partial charge in [0.2, 0.25) is 0 Å². The van der Waals surface area contributed by atoms with E-state index in [1.165, 1.54) is 32.8 Å². The highest BCUT2D eigenvalue weighted by Crippen LogP contribution is 2.36. The minimum absolute atomic E-state index is 0.0688. The minimum Gasteiger partial charge on any atom is -0.497 e. The van der Waals surface area contributed by atoms with E-state index in [4.69, 9.17) is 32.7 Å². The van der Waals surface area contributed by atoms with Crippen molar-refractivity contribution in [2.75, 3.05) is 18.5 Å². The van der Waals surface area contributed by atoms with Crippen LogP contribution in [-0.4, -0.2) is 32.6 Å². The van der Waals surface area contributed by atoms with Crippen LogP contribution in [0.25, 0.3) is 0 Å². The maximum atomic E-state index is 13.6. The van der Waals surface area contributed by atoms with Crippen molar-refractivity contribution in [3.8, 4) is 11.5 Å². The second kappa shape index (κ2) is 9.03. The summed E-state index contributed by atoms with van der Waals surface area (Å²) in [5, 5.41) is -0.693. The van der Waals surface area contributed by atoms with Gasteiger partial charge in [-0.3, -0.25) is 0 Å².